The van der Waals surface area contributed by atoms with Crippen molar-refractivity contribution in [1.29, 1.82) is 0 Å². The number of carbonyl (C=O) groups excluding carboxylic acids is 2. The average molecular weight is 362 g/mol. The molecule has 5 nitrogen and oxygen atoms in total. The molecule has 2 aromatic heterocycles. The molecule has 0 N–H and O–H groups in total. The van der Waals surface area contributed by atoms with Gasteiger partial charge in [-0.05, 0) is 24.3 Å². The van der Waals surface area contributed by atoms with Crippen LogP contribution in [0.2, 0.25) is 5.02 Å². The van der Waals surface area contributed by atoms with Gasteiger partial charge < -0.3 is 4.57 Å². The number of hydrogen-bond donors (Lipinski definition) is 0. The van der Waals surface area contributed by atoms with Gasteiger partial charge in [0.05, 0.1) is 10.6 Å². The molecule has 7 heteroatoms. The Hall–Kier alpha value is -2.21. The summed E-state index contributed by atoms with van der Waals surface area (Å²) in [5, 5.41) is 0.221. The van der Waals surface area contributed by atoms with E-state index >= 15 is 0 Å². The first-order valence-electron chi connectivity index (χ1n) is 8.15. The molecule has 4 rings (SSSR count). The zero-order valence-corrected chi connectivity index (χ0v) is 14.7. The van der Waals surface area contributed by atoms with Gasteiger partial charge in [0, 0.05) is 30.5 Å². The van der Waals surface area contributed by atoms with Crippen LogP contribution in [0.1, 0.15) is 46.0 Å². The summed E-state index contributed by atoms with van der Waals surface area (Å²) in [5.41, 5.74) is 1.77. The largest absolute Gasteiger partial charge is 0.336 e. The summed E-state index contributed by atoms with van der Waals surface area (Å²) in [6, 6.07) is 1.49. The van der Waals surface area contributed by atoms with Crippen molar-refractivity contribution in [3.8, 4) is 0 Å². The minimum Gasteiger partial charge on any atom is -0.336 e. The molecule has 1 aliphatic heterocycles. The van der Waals surface area contributed by atoms with E-state index in [1.54, 1.807) is 4.57 Å². The van der Waals surface area contributed by atoms with Crippen molar-refractivity contribution in [2.24, 2.45) is 5.41 Å². The Morgan fingerprint density at radius 3 is 2.80 bits per heavy atom. The zero-order valence-electron chi connectivity index (χ0n) is 14.0. The van der Waals surface area contributed by atoms with Crippen LogP contribution in [-0.4, -0.2) is 28.3 Å². The van der Waals surface area contributed by atoms with Crippen molar-refractivity contribution in [3.63, 3.8) is 0 Å². The molecule has 1 aliphatic carbocycles. The van der Waals surface area contributed by atoms with Crippen molar-refractivity contribution in [2.45, 2.75) is 33.2 Å². The lowest BCUT2D eigenvalue weighted by Gasteiger charge is -2.30. The van der Waals surface area contributed by atoms with Gasteiger partial charge in [-0.3, -0.25) is 14.5 Å². The van der Waals surface area contributed by atoms with Crippen LogP contribution < -0.4 is 4.90 Å². The molecular weight excluding hydrogens is 345 g/mol. The van der Waals surface area contributed by atoms with Gasteiger partial charge in [-0.2, -0.15) is 0 Å². The highest BCUT2D eigenvalue weighted by molar-refractivity contribution is 6.33. The molecule has 0 fully saturated rings. The smallest absolute Gasteiger partial charge is 0.279 e. The van der Waals surface area contributed by atoms with Crippen molar-refractivity contribution in [1.82, 2.24) is 9.55 Å². The summed E-state index contributed by atoms with van der Waals surface area (Å²) in [6.45, 7) is 4.99. The molecular formula is C18H17ClFN3O2. The number of aromatic nitrogens is 2. The van der Waals surface area contributed by atoms with E-state index in [2.05, 4.69) is 18.8 Å². The van der Waals surface area contributed by atoms with E-state index in [0.717, 1.165) is 12.1 Å². The SMILES string of the molecule is CC1(C)Cc2c(F)c3n(c2C1)CCN(c1nccc(Cl)c1C=O)C3=O. The molecule has 0 unspecified atom stereocenters. The Labute approximate surface area is 149 Å². The maximum atomic E-state index is 15.0. The lowest BCUT2D eigenvalue weighted by Crippen LogP contribution is -2.42. The van der Waals surface area contributed by atoms with Gasteiger partial charge in [-0.25, -0.2) is 9.37 Å². The molecule has 1 amide bonds. The fraction of sp³-hybridized carbons (Fsp3) is 0.389. The number of pyridine rings is 1. The number of amides is 1. The number of halogens is 2. The lowest BCUT2D eigenvalue weighted by atomic mass is 9.90. The van der Waals surface area contributed by atoms with Crippen molar-refractivity contribution >= 4 is 29.6 Å². The second-order valence-electron chi connectivity index (χ2n) is 7.36. The topological polar surface area (TPSA) is 55.2 Å². The van der Waals surface area contributed by atoms with E-state index < -0.39 is 11.7 Å². The average Bonchev–Trinajstić information content (AvgIpc) is 3.00. The maximum absolute atomic E-state index is 15.0. The van der Waals surface area contributed by atoms with E-state index in [1.807, 2.05) is 0 Å². The molecule has 0 aromatic carbocycles. The highest BCUT2D eigenvalue weighted by atomic mass is 35.5. The van der Waals surface area contributed by atoms with Crippen LogP contribution in [0, 0.1) is 11.2 Å². The van der Waals surface area contributed by atoms with Gasteiger partial charge in [-0.15, -0.1) is 0 Å². The van der Waals surface area contributed by atoms with Crippen molar-refractivity contribution < 1.29 is 14.0 Å². The fourth-order valence-corrected chi connectivity index (χ4v) is 4.10. The Bertz CT molecular complexity index is 920. The quantitative estimate of drug-likeness (QED) is 0.771. The molecule has 3 heterocycles. The third-order valence-electron chi connectivity index (χ3n) is 5.00. The third-order valence-corrected chi connectivity index (χ3v) is 5.33. The molecule has 2 aromatic rings. The first-order chi connectivity index (χ1) is 11.8. The van der Waals surface area contributed by atoms with Gasteiger partial charge in [0.15, 0.2) is 12.1 Å². The van der Waals surface area contributed by atoms with Crippen LogP contribution in [0.5, 0.6) is 0 Å². The van der Waals surface area contributed by atoms with Gasteiger partial charge in [-0.1, -0.05) is 25.4 Å². The Morgan fingerprint density at radius 1 is 1.32 bits per heavy atom. The van der Waals surface area contributed by atoms with Gasteiger partial charge >= 0.3 is 0 Å². The number of aldehydes is 1. The molecule has 0 spiro atoms. The molecule has 0 saturated carbocycles. The Balaban J connectivity index is 1.80. The predicted octanol–water partition coefficient (Wildman–Crippen LogP) is 3.27. The summed E-state index contributed by atoms with van der Waals surface area (Å²) in [5.74, 6) is -0.737. The normalized spacial score (nSPS) is 18.2. The minimum atomic E-state index is -0.478. The van der Waals surface area contributed by atoms with Gasteiger partial charge in [0.25, 0.3) is 5.91 Å². The summed E-state index contributed by atoms with van der Waals surface area (Å²) in [4.78, 5) is 29.8. The zero-order chi connectivity index (χ0) is 17.9. The third kappa shape index (κ3) is 2.31. The van der Waals surface area contributed by atoms with Crippen LogP contribution in [0.3, 0.4) is 0 Å². The standard InChI is InChI=1S/C18H17ClFN3O2/c1-18(2)7-10-13(8-18)22-5-6-23(17(25)15(22)14(10)20)16-11(9-24)12(19)3-4-21-16/h3-4,9H,5-8H2,1-2H3. The Kier molecular flexibility index (Phi) is 3.51. The highest BCUT2D eigenvalue weighted by Gasteiger charge is 2.41. The summed E-state index contributed by atoms with van der Waals surface area (Å²) in [7, 11) is 0. The van der Waals surface area contributed by atoms with E-state index in [1.165, 1.54) is 17.2 Å². The summed E-state index contributed by atoms with van der Waals surface area (Å²) < 4.78 is 16.8. The first kappa shape index (κ1) is 16.3. The van der Waals surface area contributed by atoms with Crippen molar-refractivity contribution in [3.05, 3.63) is 45.6 Å². The number of rotatable bonds is 2. The number of carbonyl (C=O) groups is 2. The molecule has 130 valence electrons. The van der Waals surface area contributed by atoms with Crippen LogP contribution in [0.15, 0.2) is 12.3 Å². The highest BCUT2D eigenvalue weighted by Crippen LogP contribution is 2.41. The predicted molar refractivity (Wildman–Crippen MR) is 91.9 cm³/mol. The van der Waals surface area contributed by atoms with E-state index in [9.17, 15) is 14.0 Å². The molecule has 0 radical (unpaired) electrons. The second kappa shape index (κ2) is 5.39. The Morgan fingerprint density at radius 2 is 2.08 bits per heavy atom. The van der Waals surface area contributed by atoms with Crippen molar-refractivity contribution in [2.75, 3.05) is 11.4 Å². The fourth-order valence-electron chi connectivity index (χ4n) is 3.91. The van der Waals surface area contributed by atoms with E-state index in [4.69, 9.17) is 11.6 Å². The van der Waals surface area contributed by atoms with E-state index in [-0.39, 0.29) is 27.5 Å². The number of nitrogens with zero attached hydrogens (tertiary/aromatic N) is 3. The maximum Gasteiger partial charge on any atom is 0.279 e. The second-order valence-corrected chi connectivity index (χ2v) is 7.77. The van der Waals surface area contributed by atoms with E-state index in [0.29, 0.717) is 31.4 Å². The summed E-state index contributed by atoms with van der Waals surface area (Å²) >= 11 is 6.03. The van der Waals surface area contributed by atoms with Crippen LogP contribution in [0.4, 0.5) is 10.2 Å². The van der Waals surface area contributed by atoms with Crippen LogP contribution >= 0.6 is 11.6 Å². The molecule has 0 atom stereocenters. The summed E-state index contributed by atoms with van der Waals surface area (Å²) in [6.07, 6.45) is 3.38. The minimum absolute atomic E-state index is 0.00686. The number of anilines is 1. The number of fused-ring (bicyclic) bond motifs is 3. The molecule has 2 aliphatic rings. The number of hydrogen-bond acceptors (Lipinski definition) is 3. The van der Waals surface area contributed by atoms with Gasteiger partial charge in [0.2, 0.25) is 0 Å². The molecule has 0 bridgehead atoms. The van der Waals surface area contributed by atoms with Crippen LogP contribution in [0.25, 0.3) is 0 Å². The van der Waals surface area contributed by atoms with Gasteiger partial charge in [0.1, 0.15) is 11.5 Å². The first-order valence-corrected chi connectivity index (χ1v) is 8.53. The molecule has 0 saturated heterocycles. The van der Waals surface area contributed by atoms with Crippen LogP contribution in [-0.2, 0) is 19.4 Å². The monoisotopic (exact) mass is 361 g/mol. The molecule has 25 heavy (non-hydrogen) atoms. The lowest BCUT2D eigenvalue weighted by molar-refractivity contribution is 0.0958.